The Bertz CT molecular complexity index is 879. The minimum Gasteiger partial charge on any atom is -0.444 e. The second kappa shape index (κ2) is 8.51. The van der Waals surface area contributed by atoms with Crippen LogP contribution in [0.3, 0.4) is 0 Å². The second-order valence-electron chi connectivity index (χ2n) is 6.47. The van der Waals surface area contributed by atoms with Crippen LogP contribution >= 0.6 is 0 Å². The molecule has 0 saturated carbocycles. The van der Waals surface area contributed by atoms with Crippen LogP contribution in [0.5, 0.6) is 0 Å². The molecule has 0 aromatic heterocycles. The first kappa shape index (κ1) is 19.3. The number of nitro benzene ring substituents is 1. The van der Waals surface area contributed by atoms with Gasteiger partial charge in [-0.05, 0) is 25.0 Å². The number of carbonyl (C=O) groups excluding carboxylic acids is 2. The van der Waals surface area contributed by atoms with E-state index in [2.05, 4.69) is 5.32 Å². The number of likely N-dealkylation sites (tertiary alicyclic amines) is 1. The standard InChI is InChI=1S/C20H21N3O5/c1-21-16-10-9-15(13-17(16)23(26)27)20(25)28-18(14-7-3-2-4-8-14)19(24)22-11-5-6-12-22/h2-4,7-10,13,18,21H,5-6,11-12H2,1H3/t18-/m1/s1. The predicted octanol–water partition coefficient (Wildman–Crippen LogP) is 3.16. The molecule has 1 amide bonds. The summed E-state index contributed by atoms with van der Waals surface area (Å²) in [6.45, 7) is 1.25. The number of benzene rings is 2. The molecule has 1 saturated heterocycles. The van der Waals surface area contributed by atoms with Gasteiger partial charge < -0.3 is 15.0 Å². The van der Waals surface area contributed by atoms with Gasteiger partial charge in [0.1, 0.15) is 5.69 Å². The Hall–Kier alpha value is -3.42. The molecule has 0 bridgehead atoms. The van der Waals surface area contributed by atoms with Crippen molar-refractivity contribution < 1.29 is 19.2 Å². The SMILES string of the molecule is CNc1ccc(C(=O)O[C@@H](C(=O)N2CCCC2)c2ccccc2)cc1[N+](=O)[O-]. The Morgan fingerprint density at radius 3 is 2.43 bits per heavy atom. The molecule has 0 aliphatic carbocycles. The summed E-state index contributed by atoms with van der Waals surface area (Å²) in [7, 11) is 1.56. The molecule has 0 radical (unpaired) electrons. The fraction of sp³-hybridized carbons (Fsp3) is 0.300. The van der Waals surface area contributed by atoms with Crippen molar-refractivity contribution in [2.45, 2.75) is 18.9 Å². The summed E-state index contributed by atoms with van der Waals surface area (Å²) in [4.78, 5) is 37.9. The number of esters is 1. The zero-order valence-electron chi connectivity index (χ0n) is 15.5. The smallest absolute Gasteiger partial charge is 0.339 e. The van der Waals surface area contributed by atoms with Gasteiger partial charge in [-0.15, -0.1) is 0 Å². The van der Waals surface area contributed by atoms with Crippen LogP contribution in [0.25, 0.3) is 0 Å². The third kappa shape index (κ3) is 4.11. The molecule has 8 heteroatoms. The number of rotatable bonds is 6. The van der Waals surface area contributed by atoms with Gasteiger partial charge in [-0.25, -0.2) is 4.79 Å². The topological polar surface area (TPSA) is 102 Å². The fourth-order valence-corrected chi connectivity index (χ4v) is 3.19. The van der Waals surface area contributed by atoms with Crippen molar-refractivity contribution in [3.05, 3.63) is 69.8 Å². The van der Waals surface area contributed by atoms with E-state index in [1.54, 1.807) is 36.2 Å². The van der Waals surface area contributed by atoms with E-state index in [0.29, 0.717) is 18.7 Å². The molecule has 0 unspecified atom stereocenters. The minimum atomic E-state index is -1.09. The van der Waals surface area contributed by atoms with Gasteiger partial charge in [-0.2, -0.15) is 0 Å². The number of ether oxygens (including phenoxy) is 1. The average Bonchev–Trinajstić information content (AvgIpc) is 3.26. The molecule has 1 fully saturated rings. The lowest BCUT2D eigenvalue weighted by Crippen LogP contribution is -2.34. The Morgan fingerprint density at radius 1 is 1.14 bits per heavy atom. The summed E-state index contributed by atoms with van der Waals surface area (Å²) < 4.78 is 5.53. The van der Waals surface area contributed by atoms with E-state index in [-0.39, 0.29) is 22.8 Å². The molecular formula is C20H21N3O5. The van der Waals surface area contributed by atoms with Crippen LogP contribution in [-0.2, 0) is 9.53 Å². The number of amides is 1. The van der Waals surface area contributed by atoms with Crippen molar-refractivity contribution in [1.29, 1.82) is 0 Å². The molecule has 1 aliphatic heterocycles. The van der Waals surface area contributed by atoms with Crippen molar-refractivity contribution >= 4 is 23.3 Å². The molecule has 0 spiro atoms. The minimum absolute atomic E-state index is 0.0147. The molecule has 28 heavy (non-hydrogen) atoms. The van der Waals surface area contributed by atoms with Gasteiger partial charge in [0.05, 0.1) is 10.5 Å². The first-order chi connectivity index (χ1) is 13.5. The van der Waals surface area contributed by atoms with Crippen LogP contribution in [0.2, 0.25) is 0 Å². The second-order valence-corrected chi connectivity index (χ2v) is 6.47. The van der Waals surface area contributed by atoms with Crippen molar-refractivity contribution in [2.75, 3.05) is 25.5 Å². The lowest BCUT2D eigenvalue weighted by atomic mass is 10.1. The first-order valence-corrected chi connectivity index (χ1v) is 9.02. The van der Waals surface area contributed by atoms with Gasteiger partial charge >= 0.3 is 5.97 Å². The lowest BCUT2D eigenvalue weighted by Gasteiger charge is -2.23. The average molecular weight is 383 g/mol. The van der Waals surface area contributed by atoms with Crippen molar-refractivity contribution in [3.8, 4) is 0 Å². The molecule has 8 nitrogen and oxygen atoms in total. The normalized spacial score (nSPS) is 14.4. The van der Waals surface area contributed by atoms with Gasteiger partial charge in [0.15, 0.2) is 0 Å². The molecule has 146 valence electrons. The molecule has 2 aromatic carbocycles. The Morgan fingerprint density at radius 2 is 1.82 bits per heavy atom. The molecule has 1 N–H and O–H groups in total. The summed E-state index contributed by atoms with van der Waals surface area (Å²) in [6, 6.07) is 12.8. The molecule has 1 heterocycles. The Kier molecular flexibility index (Phi) is 5.88. The summed E-state index contributed by atoms with van der Waals surface area (Å²) in [5, 5.41) is 13.9. The number of hydrogen-bond donors (Lipinski definition) is 1. The maximum absolute atomic E-state index is 12.9. The van der Waals surface area contributed by atoms with Gasteiger partial charge in [0.25, 0.3) is 11.6 Å². The largest absolute Gasteiger partial charge is 0.444 e. The summed E-state index contributed by atoms with van der Waals surface area (Å²) >= 11 is 0. The van der Waals surface area contributed by atoms with Crippen LogP contribution in [0.4, 0.5) is 11.4 Å². The highest BCUT2D eigenvalue weighted by atomic mass is 16.6. The van der Waals surface area contributed by atoms with Crippen LogP contribution < -0.4 is 5.32 Å². The van der Waals surface area contributed by atoms with Gasteiger partial charge in [0, 0.05) is 31.8 Å². The Balaban J connectivity index is 1.88. The third-order valence-corrected chi connectivity index (χ3v) is 4.67. The number of anilines is 1. The molecule has 1 atom stereocenters. The van der Waals surface area contributed by atoms with Crippen molar-refractivity contribution in [2.24, 2.45) is 0 Å². The number of nitrogens with one attached hydrogen (secondary N) is 1. The highest BCUT2D eigenvalue weighted by Gasteiger charge is 2.31. The van der Waals surface area contributed by atoms with E-state index in [0.717, 1.165) is 18.9 Å². The van der Waals surface area contributed by atoms with Crippen LogP contribution in [0, 0.1) is 10.1 Å². The fourth-order valence-electron chi connectivity index (χ4n) is 3.19. The van der Waals surface area contributed by atoms with E-state index in [9.17, 15) is 19.7 Å². The number of nitro groups is 1. The monoisotopic (exact) mass is 383 g/mol. The Labute approximate surface area is 162 Å². The maximum Gasteiger partial charge on any atom is 0.339 e. The van der Waals surface area contributed by atoms with E-state index >= 15 is 0 Å². The zero-order chi connectivity index (χ0) is 20.1. The zero-order valence-corrected chi connectivity index (χ0v) is 15.5. The van der Waals surface area contributed by atoms with Crippen LogP contribution in [0.15, 0.2) is 48.5 Å². The van der Waals surface area contributed by atoms with Gasteiger partial charge in [-0.3, -0.25) is 14.9 Å². The first-order valence-electron chi connectivity index (χ1n) is 9.02. The summed E-state index contributed by atoms with van der Waals surface area (Å²) in [5.41, 5.74) is 0.628. The van der Waals surface area contributed by atoms with Crippen molar-refractivity contribution in [3.63, 3.8) is 0 Å². The molecule has 3 rings (SSSR count). The lowest BCUT2D eigenvalue weighted by molar-refractivity contribution is -0.384. The van der Waals surface area contributed by atoms with Gasteiger partial charge in [-0.1, -0.05) is 30.3 Å². The third-order valence-electron chi connectivity index (χ3n) is 4.67. The molecular weight excluding hydrogens is 362 g/mol. The van der Waals surface area contributed by atoms with Crippen LogP contribution in [-0.4, -0.2) is 41.8 Å². The van der Waals surface area contributed by atoms with E-state index < -0.39 is 17.0 Å². The summed E-state index contributed by atoms with van der Waals surface area (Å²) in [6.07, 6.45) is 0.743. The van der Waals surface area contributed by atoms with Crippen LogP contribution in [0.1, 0.15) is 34.9 Å². The van der Waals surface area contributed by atoms with E-state index in [4.69, 9.17) is 4.74 Å². The summed E-state index contributed by atoms with van der Waals surface area (Å²) in [5.74, 6) is -1.06. The van der Waals surface area contributed by atoms with Crippen molar-refractivity contribution in [1.82, 2.24) is 4.90 Å². The quantitative estimate of drug-likeness (QED) is 0.467. The highest BCUT2D eigenvalue weighted by molar-refractivity contribution is 5.94. The maximum atomic E-state index is 12.9. The number of hydrogen-bond acceptors (Lipinski definition) is 6. The number of nitrogens with zero attached hydrogens (tertiary/aromatic N) is 2. The predicted molar refractivity (Wildman–Crippen MR) is 103 cm³/mol. The number of carbonyl (C=O) groups is 2. The molecule has 2 aromatic rings. The highest BCUT2D eigenvalue weighted by Crippen LogP contribution is 2.28. The molecule has 1 aliphatic rings. The van der Waals surface area contributed by atoms with Gasteiger partial charge in [0.2, 0.25) is 6.10 Å². The van der Waals surface area contributed by atoms with E-state index in [1.807, 2.05) is 6.07 Å². The van der Waals surface area contributed by atoms with E-state index in [1.165, 1.54) is 12.1 Å².